The third-order valence-electron chi connectivity index (χ3n) is 6.23. The first-order valence-corrected chi connectivity index (χ1v) is 12.6. The average molecular weight is 471 g/mol. The van der Waals surface area contributed by atoms with Gasteiger partial charge >= 0.3 is 5.97 Å². The van der Waals surface area contributed by atoms with Crippen molar-refractivity contribution in [2.24, 2.45) is 0 Å². The molecule has 1 aliphatic rings. The highest BCUT2D eigenvalue weighted by Crippen LogP contribution is 2.43. The van der Waals surface area contributed by atoms with Gasteiger partial charge in [-0.3, -0.25) is 0 Å². The van der Waals surface area contributed by atoms with Crippen molar-refractivity contribution in [3.05, 3.63) is 95.6 Å². The molecule has 4 nitrogen and oxygen atoms in total. The first-order chi connectivity index (χ1) is 17.2. The van der Waals surface area contributed by atoms with Crippen LogP contribution < -0.4 is 4.74 Å². The molecular formula is C31H34O4. The molecule has 0 N–H and O–H groups in total. The van der Waals surface area contributed by atoms with Crippen molar-refractivity contribution in [2.75, 3.05) is 19.8 Å². The molecule has 4 rings (SSSR count). The summed E-state index contributed by atoms with van der Waals surface area (Å²) in [5.74, 6) is 0.507. The number of ether oxygens (including phenoxy) is 3. The maximum atomic E-state index is 12.4. The number of carbonyl (C=O) groups is 1. The summed E-state index contributed by atoms with van der Waals surface area (Å²) >= 11 is 0. The van der Waals surface area contributed by atoms with Crippen LogP contribution in [-0.4, -0.2) is 31.9 Å². The summed E-state index contributed by atoms with van der Waals surface area (Å²) in [4.78, 5) is 12.4. The second kappa shape index (κ2) is 12.4. The second-order valence-corrected chi connectivity index (χ2v) is 8.69. The molecule has 1 atom stereocenters. The van der Waals surface area contributed by atoms with Gasteiger partial charge in [0.05, 0.1) is 6.61 Å². The molecule has 0 spiro atoms. The van der Waals surface area contributed by atoms with Gasteiger partial charge < -0.3 is 14.2 Å². The quantitative estimate of drug-likeness (QED) is 0.168. The first-order valence-electron chi connectivity index (χ1n) is 12.6. The molecular weight excluding hydrogens is 436 g/mol. The fraction of sp³-hybridized carbons (Fsp3) is 0.323. The van der Waals surface area contributed by atoms with Crippen molar-refractivity contribution in [2.45, 2.75) is 45.6 Å². The largest absolute Gasteiger partial charge is 0.490 e. The molecule has 1 unspecified atom stereocenters. The Bertz CT molecular complexity index is 1100. The molecule has 0 amide bonds. The molecule has 0 saturated carbocycles. The molecule has 0 heterocycles. The second-order valence-electron chi connectivity index (χ2n) is 8.69. The van der Waals surface area contributed by atoms with Gasteiger partial charge in [0.1, 0.15) is 12.4 Å². The van der Waals surface area contributed by atoms with Crippen LogP contribution in [0.5, 0.6) is 5.75 Å². The number of benzene rings is 3. The first kappa shape index (κ1) is 24.7. The molecule has 0 aromatic heterocycles. The van der Waals surface area contributed by atoms with E-state index in [1.54, 1.807) is 0 Å². The topological polar surface area (TPSA) is 44.8 Å². The van der Waals surface area contributed by atoms with Gasteiger partial charge in [-0.05, 0) is 64.9 Å². The number of unbranched alkanes of at least 4 members (excludes halogenated alkanes) is 2. The minimum Gasteiger partial charge on any atom is -0.490 e. The Morgan fingerprint density at radius 2 is 1.46 bits per heavy atom. The molecule has 0 fully saturated rings. The van der Waals surface area contributed by atoms with Crippen molar-refractivity contribution in [1.82, 2.24) is 0 Å². The fourth-order valence-electron chi connectivity index (χ4n) is 4.46. The van der Waals surface area contributed by atoms with Gasteiger partial charge in [0, 0.05) is 13.0 Å². The van der Waals surface area contributed by atoms with Gasteiger partial charge in [-0.25, -0.2) is 4.79 Å². The van der Waals surface area contributed by atoms with Crippen LogP contribution in [0.3, 0.4) is 0 Å². The maximum Gasteiger partial charge on any atom is 0.335 e. The van der Waals surface area contributed by atoms with Gasteiger partial charge in [0.2, 0.25) is 0 Å². The van der Waals surface area contributed by atoms with E-state index in [0.717, 1.165) is 30.6 Å². The van der Waals surface area contributed by atoms with Crippen molar-refractivity contribution < 1.29 is 19.0 Å². The lowest BCUT2D eigenvalue weighted by Crippen LogP contribution is -2.29. The normalized spacial score (nSPS) is 12.6. The number of hydrogen-bond donors (Lipinski definition) is 0. The predicted molar refractivity (Wildman–Crippen MR) is 140 cm³/mol. The highest BCUT2D eigenvalue weighted by molar-refractivity contribution is 6.01. The molecule has 0 saturated heterocycles. The average Bonchev–Trinajstić information content (AvgIpc) is 3.21. The molecule has 3 aromatic rings. The van der Waals surface area contributed by atoms with E-state index in [-0.39, 0.29) is 5.97 Å². The van der Waals surface area contributed by atoms with E-state index in [4.69, 9.17) is 14.2 Å². The third kappa shape index (κ3) is 6.20. The van der Waals surface area contributed by atoms with Crippen molar-refractivity contribution in [3.8, 4) is 16.9 Å². The lowest BCUT2D eigenvalue weighted by Gasteiger charge is -2.16. The number of esters is 1. The van der Waals surface area contributed by atoms with Gasteiger partial charge in [-0.15, -0.1) is 0 Å². The van der Waals surface area contributed by atoms with Gasteiger partial charge in [-0.2, -0.15) is 0 Å². The molecule has 4 heteroatoms. The number of carbonyl (C=O) groups excluding carboxylic acids is 1. The molecule has 0 aliphatic heterocycles. The highest BCUT2D eigenvalue weighted by atomic mass is 16.6. The van der Waals surface area contributed by atoms with Crippen LogP contribution in [0, 0.1) is 0 Å². The van der Waals surface area contributed by atoms with Crippen LogP contribution in [0.4, 0.5) is 0 Å². The molecule has 0 bridgehead atoms. The van der Waals surface area contributed by atoms with Crippen molar-refractivity contribution in [3.63, 3.8) is 0 Å². The van der Waals surface area contributed by atoms with E-state index < -0.39 is 6.10 Å². The van der Waals surface area contributed by atoms with Crippen LogP contribution in [0.15, 0.2) is 78.9 Å². The van der Waals surface area contributed by atoms with Crippen LogP contribution in [0.1, 0.15) is 49.8 Å². The Kier molecular flexibility index (Phi) is 8.74. The lowest BCUT2D eigenvalue weighted by molar-refractivity contribution is -0.157. The molecule has 3 aromatic carbocycles. The van der Waals surface area contributed by atoms with Crippen LogP contribution in [-0.2, 0) is 20.7 Å². The Balaban J connectivity index is 1.36. The number of fused-ring (bicyclic) bond motifs is 3. The summed E-state index contributed by atoms with van der Waals surface area (Å²) < 4.78 is 17.1. The lowest BCUT2D eigenvalue weighted by atomic mass is 10.0. The van der Waals surface area contributed by atoms with Gasteiger partial charge in [-0.1, -0.05) is 80.4 Å². The minimum atomic E-state index is -0.583. The summed E-state index contributed by atoms with van der Waals surface area (Å²) in [5.41, 5.74) is 7.26. The monoisotopic (exact) mass is 470 g/mol. The predicted octanol–water partition coefficient (Wildman–Crippen LogP) is 6.86. The Labute approximate surface area is 208 Å². The van der Waals surface area contributed by atoms with E-state index in [0.29, 0.717) is 26.2 Å². The van der Waals surface area contributed by atoms with Crippen molar-refractivity contribution in [1.29, 1.82) is 0 Å². The fourth-order valence-corrected chi connectivity index (χ4v) is 4.46. The van der Waals surface area contributed by atoms with Crippen LogP contribution >= 0.6 is 0 Å². The summed E-state index contributed by atoms with van der Waals surface area (Å²) in [5, 5.41) is 0. The zero-order valence-corrected chi connectivity index (χ0v) is 20.7. The smallest absolute Gasteiger partial charge is 0.335 e. The Hall–Kier alpha value is -3.37. The molecule has 182 valence electrons. The van der Waals surface area contributed by atoms with Crippen molar-refractivity contribution >= 4 is 11.5 Å². The van der Waals surface area contributed by atoms with Gasteiger partial charge in [0.25, 0.3) is 0 Å². The van der Waals surface area contributed by atoms with E-state index in [2.05, 4.69) is 61.5 Å². The molecule has 35 heavy (non-hydrogen) atoms. The van der Waals surface area contributed by atoms with E-state index in [9.17, 15) is 4.79 Å². The Morgan fingerprint density at radius 1 is 0.829 bits per heavy atom. The van der Waals surface area contributed by atoms with E-state index in [1.165, 1.54) is 27.8 Å². The maximum absolute atomic E-state index is 12.4. The summed E-state index contributed by atoms with van der Waals surface area (Å²) in [7, 11) is 0. The zero-order valence-electron chi connectivity index (χ0n) is 20.7. The number of hydrogen-bond acceptors (Lipinski definition) is 4. The highest BCUT2D eigenvalue weighted by Gasteiger charge is 2.22. The number of rotatable bonds is 12. The van der Waals surface area contributed by atoms with Gasteiger partial charge in [0.15, 0.2) is 6.10 Å². The molecule has 0 radical (unpaired) electrons. The third-order valence-corrected chi connectivity index (χ3v) is 6.23. The van der Waals surface area contributed by atoms with E-state index in [1.807, 2.05) is 31.2 Å². The standard InChI is InChI=1S/C31H34O4/c1-3-5-10-20-35-31(32)30(33-4-2)22-23-15-17-24(18-16-23)34-21-19-29-27-13-8-6-11-25(27)26-12-7-9-14-28(26)29/h6-9,11-19,30H,3-5,10,20-22H2,1-2H3. The van der Waals surface area contributed by atoms with Crippen LogP contribution in [0.25, 0.3) is 16.7 Å². The SMILES string of the molecule is CCCCCOC(=O)C(Cc1ccc(OCC=C2c3ccccc3-c3ccccc32)cc1)OCC. The summed E-state index contributed by atoms with van der Waals surface area (Å²) in [6, 6.07) is 24.9. The Morgan fingerprint density at radius 3 is 2.06 bits per heavy atom. The van der Waals surface area contributed by atoms with Crippen LogP contribution in [0.2, 0.25) is 0 Å². The summed E-state index contributed by atoms with van der Waals surface area (Å²) in [6.45, 7) is 5.42. The van der Waals surface area contributed by atoms with E-state index >= 15 is 0 Å². The molecule has 1 aliphatic carbocycles. The zero-order chi connectivity index (χ0) is 24.5. The minimum absolute atomic E-state index is 0.285. The summed E-state index contributed by atoms with van der Waals surface area (Å²) in [6.07, 6.45) is 5.10.